The second kappa shape index (κ2) is 8.40. The largest absolute Gasteiger partial charge is 0.389 e. The Kier molecular flexibility index (Phi) is 7.20. The van der Waals surface area contributed by atoms with Crippen molar-refractivity contribution in [2.45, 2.75) is 59.4 Å². The minimum Gasteiger partial charge on any atom is -0.389 e. The molecule has 0 heterocycles. The van der Waals surface area contributed by atoms with Gasteiger partial charge in [0.1, 0.15) is 0 Å². The van der Waals surface area contributed by atoms with E-state index in [1.165, 1.54) is 11.1 Å². The summed E-state index contributed by atoms with van der Waals surface area (Å²) in [4.78, 5) is 2.29. The molecule has 1 atom stereocenters. The lowest BCUT2D eigenvalue weighted by Gasteiger charge is -2.29. The van der Waals surface area contributed by atoms with Crippen molar-refractivity contribution in [2.75, 3.05) is 13.2 Å². The highest BCUT2D eigenvalue weighted by Crippen LogP contribution is 2.13. The van der Waals surface area contributed by atoms with Crippen molar-refractivity contribution >= 4 is 0 Å². The van der Waals surface area contributed by atoms with Crippen LogP contribution in [0.5, 0.6) is 0 Å². The van der Waals surface area contributed by atoms with E-state index in [1.54, 1.807) is 0 Å². The molecule has 3 heteroatoms. The van der Waals surface area contributed by atoms with Crippen molar-refractivity contribution < 1.29 is 9.84 Å². The van der Waals surface area contributed by atoms with Gasteiger partial charge >= 0.3 is 0 Å². The van der Waals surface area contributed by atoms with Gasteiger partial charge in [-0.05, 0) is 45.7 Å². The van der Waals surface area contributed by atoms with Crippen LogP contribution in [-0.4, -0.2) is 41.4 Å². The Bertz CT molecular complexity index is 390. The number of hydrogen-bond acceptors (Lipinski definition) is 3. The molecule has 0 aliphatic rings. The summed E-state index contributed by atoms with van der Waals surface area (Å²) >= 11 is 0. The normalized spacial score (nSPS) is 13.4. The van der Waals surface area contributed by atoms with Gasteiger partial charge < -0.3 is 9.84 Å². The second-order valence-electron chi connectivity index (χ2n) is 5.99. The van der Waals surface area contributed by atoms with E-state index in [4.69, 9.17) is 4.74 Å². The SMILES string of the molecule is Cc1ccccc1CN(CC(O)COC(C)C)C(C)C. The van der Waals surface area contributed by atoms with Gasteiger partial charge in [0, 0.05) is 19.1 Å². The van der Waals surface area contributed by atoms with Crippen molar-refractivity contribution in [1.82, 2.24) is 4.90 Å². The Labute approximate surface area is 123 Å². The second-order valence-corrected chi connectivity index (χ2v) is 5.99. The molecule has 1 aromatic carbocycles. The summed E-state index contributed by atoms with van der Waals surface area (Å²) in [6, 6.07) is 8.81. The van der Waals surface area contributed by atoms with Gasteiger partial charge in [0.05, 0.1) is 18.8 Å². The fraction of sp³-hybridized carbons (Fsp3) is 0.647. The van der Waals surface area contributed by atoms with Crippen molar-refractivity contribution in [3.63, 3.8) is 0 Å². The van der Waals surface area contributed by atoms with Gasteiger partial charge in [0.15, 0.2) is 0 Å². The van der Waals surface area contributed by atoms with Gasteiger partial charge in [-0.2, -0.15) is 0 Å². The number of benzene rings is 1. The highest BCUT2D eigenvalue weighted by atomic mass is 16.5. The van der Waals surface area contributed by atoms with E-state index >= 15 is 0 Å². The molecular weight excluding hydrogens is 250 g/mol. The summed E-state index contributed by atoms with van der Waals surface area (Å²) in [6.45, 7) is 12.3. The van der Waals surface area contributed by atoms with Crippen LogP contribution in [0.1, 0.15) is 38.8 Å². The van der Waals surface area contributed by atoms with Gasteiger partial charge in [-0.1, -0.05) is 24.3 Å². The molecule has 1 aromatic rings. The molecule has 0 aromatic heterocycles. The van der Waals surface area contributed by atoms with Crippen molar-refractivity contribution in [3.8, 4) is 0 Å². The van der Waals surface area contributed by atoms with Crippen LogP contribution in [0.3, 0.4) is 0 Å². The maximum Gasteiger partial charge on any atom is 0.0900 e. The fourth-order valence-corrected chi connectivity index (χ4v) is 2.09. The molecule has 20 heavy (non-hydrogen) atoms. The van der Waals surface area contributed by atoms with Gasteiger partial charge in [0.2, 0.25) is 0 Å². The first-order chi connectivity index (χ1) is 9.40. The molecule has 1 unspecified atom stereocenters. The minimum absolute atomic E-state index is 0.161. The lowest BCUT2D eigenvalue weighted by molar-refractivity contribution is -0.0136. The Hall–Kier alpha value is -0.900. The first-order valence-electron chi connectivity index (χ1n) is 7.48. The number of aliphatic hydroxyl groups is 1. The van der Waals surface area contributed by atoms with E-state index in [-0.39, 0.29) is 6.10 Å². The predicted octanol–water partition coefficient (Wildman–Crippen LogP) is 2.99. The zero-order valence-corrected chi connectivity index (χ0v) is 13.5. The standard InChI is InChI=1S/C17H29NO2/c1-13(2)18(11-17(19)12-20-14(3)4)10-16-9-7-6-8-15(16)5/h6-9,13-14,17,19H,10-12H2,1-5H3. The highest BCUT2D eigenvalue weighted by Gasteiger charge is 2.16. The smallest absolute Gasteiger partial charge is 0.0900 e. The minimum atomic E-state index is -0.441. The summed E-state index contributed by atoms with van der Waals surface area (Å²) in [7, 11) is 0. The van der Waals surface area contributed by atoms with Crippen LogP contribution in [0, 0.1) is 6.92 Å². The van der Waals surface area contributed by atoms with Crippen molar-refractivity contribution in [2.24, 2.45) is 0 Å². The van der Waals surface area contributed by atoms with Crippen molar-refractivity contribution in [1.29, 1.82) is 0 Å². The number of nitrogens with zero attached hydrogens (tertiary/aromatic N) is 1. The van der Waals surface area contributed by atoms with E-state index in [1.807, 2.05) is 13.8 Å². The highest BCUT2D eigenvalue weighted by molar-refractivity contribution is 5.25. The third-order valence-electron chi connectivity index (χ3n) is 3.43. The third-order valence-corrected chi connectivity index (χ3v) is 3.43. The average Bonchev–Trinajstić information content (AvgIpc) is 2.38. The maximum atomic E-state index is 10.1. The lowest BCUT2D eigenvalue weighted by atomic mass is 10.1. The third kappa shape index (κ3) is 6.04. The van der Waals surface area contributed by atoms with Gasteiger partial charge in [-0.3, -0.25) is 4.90 Å². The monoisotopic (exact) mass is 279 g/mol. The molecule has 0 saturated heterocycles. The van der Waals surface area contributed by atoms with E-state index in [2.05, 4.69) is 49.9 Å². The molecule has 0 aliphatic carbocycles. The van der Waals surface area contributed by atoms with E-state index < -0.39 is 6.10 Å². The Morgan fingerprint density at radius 2 is 1.80 bits per heavy atom. The van der Waals surface area contributed by atoms with Crippen LogP contribution < -0.4 is 0 Å². The number of aryl methyl sites for hydroxylation is 1. The van der Waals surface area contributed by atoms with Crippen LogP contribution in [0.15, 0.2) is 24.3 Å². The van der Waals surface area contributed by atoms with E-state index in [0.717, 1.165) is 6.54 Å². The Balaban J connectivity index is 2.59. The molecule has 0 spiro atoms. The molecule has 114 valence electrons. The molecule has 0 fully saturated rings. The zero-order valence-electron chi connectivity index (χ0n) is 13.5. The molecule has 0 radical (unpaired) electrons. The molecule has 0 bridgehead atoms. The Morgan fingerprint density at radius 1 is 1.15 bits per heavy atom. The average molecular weight is 279 g/mol. The number of ether oxygens (including phenoxy) is 1. The summed E-state index contributed by atoms with van der Waals surface area (Å²) < 4.78 is 5.48. The first-order valence-corrected chi connectivity index (χ1v) is 7.48. The molecule has 3 nitrogen and oxygen atoms in total. The maximum absolute atomic E-state index is 10.1. The van der Waals surface area contributed by atoms with Crippen LogP contribution >= 0.6 is 0 Å². The summed E-state index contributed by atoms with van der Waals surface area (Å²) in [5.41, 5.74) is 2.62. The van der Waals surface area contributed by atoms with Crippen LogP contribution in [0.25, 0.3) is 0 Å². The number of aliphatic hydroxyl groups excluding tert-OH is 1. The van der Waals surface area contributed by atoms with E-state index in [0.29, 0.717) is 19.2 Å². The van der Waals surface area contributed by atoms with Crippen molar-refractivity contribution in [3.05, 3.63) is 35.4 Å². The lowest BCUT2D eigenvalue weighted by Crippen LogP contribution is -2.39. The topological polar surface area (TPSA) is 32.7 Å². The number of rotatable bonds is 8. The quantitative estimate of drug-likeness (QED) is 0.794. The van der Waals surface area contributed by atoms with Crippen LogP contribution in [-0.2, 0) is 11.3 Å². The number of hydrogen-bond donors (Lipinski definition) is 1. The fourth-order valence-electron chi connectivity index (χ4n) is 2.09. The van der Waals surface area contributed by atoms with Crippen LogP contribution in [0.2, 0.25) is 0 Å². The first kappa shape index (κ1) is 17.2. The van der Waals surface area contributed by atoms with Gasteiger partial charge in [0.25, 0.3) is 0 Å². The van der Waals surface area contributed by atoms with Gasteiger partial charge in [-0.25, -0.2) is 0 Å². The predicted molar refractivity (Wildman–Crippen MR) is 83.8 cm³/mol. The molecule has 1 N–H and O–H groups in total. The molecule has 0 amide bonds. The zero-order chi connectivity index (χ0) is 15.1. The summed E-state index contributed by atoms with van der Waals surface area (Å²) in [5.74, 6) is 0. The summed E-state index contributed by atoms with van der Waals surface area (Å²) in [5, 5.41) is 10.1. The summed E-state index contributed by atoms with van der Waals surface area (Å²) in [6.07, 6.45) is -0.280. The molecule has 0 aliphatic heterocycles. The molecule has 0 saturated carbocycles. The molecular formula is C17H29NO2. The molecule has 1 rings (SSSR count). The van der Waals surface area contributed by atoms with Gasteiger partial charge in [-0.15, -0.1) is 0 Å². The Morgan fingerprint density at radius 3 is 2.35 bits per heavy atom. The van der Waals surface area contributed by atoms with E-state index in [9.17, 15) is 5.11 Å². The van der Waals surface area contributed by atoms with Crippen LogP contribution in [0.4, 0.5) is 0 Å².